The molecule has 0 radical (unpaired) electrons. The van der Waals surface area contributed by atoms with Crippen molar-refractivity contribution in [2.45, 2.75) is 38.3 Å². The minimum atomic E-state index is -0.797. The summed E-state index contributed by atoms with van der Waals surface area (Å²) in [7, 11) is 0. The summed E-state index contributed by atoms with van der Waals surface area (Å²) in [6.45, 7) is 1.98. The van der Waals surface area contributed by atoms with Crippen molar-refractivity contribution in [3.8, 4) is 0 Å². The van der Waals surface area contributed by atoms with Gasteiger partial charge in [0.1, 0.15) is 6.04 Å². The minimum absolute atomic E-state index is 0.00232. The number of rotatable bonds is 6. The van der Waals surface area contributed by atoms with E-state index in [2.05, 4.69) is 0 Å². The van der Waals surface area contributed by atoms with Crippen LogP contribution in [0.4, 0.5) is 5.69 Å². The predicted octanol–water partition coefficient (Wildman–Crippen LogP) is 2.86. The van der Waals surface area contributed by atoms with Crippen LogP contribution in [0.1, 0.15) is 46.2 Å². The average molecular weight is 412 g/mol. The van der Waals surface area contributed by atoms with E-state index in [1.165, 1.54) is 23.5 Å². The summed E-state index contributed by atoms with van der Waals surface area (Å²) in [5.74, 6) is -1.42. The second-order valence-corrected chi connectivity index (χ2v) is 7.92. The summed E-state index contributed by atoms with van der Waals surface area (Å²) in [6, 6.07) is 8.87. The van der Waals surface area contributed by atoms with Gasteiger partial charge in [0.15, 0.2) is 0 Å². The molecule has 2 heterocycles. The van der Waals surface area contributed by atoms with Crippen molar-refractivity contribution in [3.05, 3.63) is 52.2 Å². The molecule has 1 atom stereocenters. The Bertz CT molecular complexity index is 950. The SMILES string of the molecule is CCOC(=O)c1ccc(N2C(=O)CC(N(C(=O)c3cccs3)C3CC3)C2=O)cc1. The summed E-state index contributed by atoms with van der Waals surface area (Å²) in [6.07, 6.45) is 1.64. The third-order valence-electron chi connectivity index (χ3n) is 5.00. The number of amides is 3. The molecule has 1 aliphatic carbocycles. The van der Waals surface area contributed by atoms with Crippen LogP contribution >= 0.6 is 11.3 Å². The molecule has 2 fully saturated rings. The molecule has 2 aromatic rings. The Morgan fingerprint density at radius 3 is 2.48 bits per heavy atom. The Kier molecular flexibility index (Phi) is 5.19. The van der Waals surface area contributed by atoms with Gasteiger partial charge in [0.2, 0.25) is 5.91 Å². The summed E-state index contributed by atoms with van der Waals surface area (Å²) < 4.78 is 4.95. The summed E-state index contributed by atoms with van der Waals surface area (Å²) in [4.78, 5) is 53.8. The lowest BCUT2D eigenvalue weighted by atomic mass is 10.2. The molecule has 0 N–H and O–H groups in total. The first-order valence-corrected chi connectivity index (χ1v) is 10.4. The Labute approximate surface area is 171 Å². The standard InChI is InChI=1S/C21H20N2O5S/c1-2-28-21(27)13-5-7-15(8-6-13)23-18(24)12-16(19(23)25)22(14-9-10-14)20(26)17-4-3-11-29-17/h3-8,11,14,16H,2,9-10,12H2,1H3. The van der Waals surface area contributed by atoms with Crippen LogP contribution in [-0.2, 0) is 14.3 Å². The number of ether oxygens (including phenoxy) is 1. The first-order valence-electron chi connectivity index (χ1n) is 9.51. The zero-order chi connectivity index (χ0) is 20.5. The maximum absolute atomic E-state index is 13.1. The van der Waals surface area contributed by atoms with Crippen molar-refractivity contribution in [1.29, 1.82) is 0 Å². The van der Waals surface area contributed by atoms with Crippen molar-refractivity contribution < 1.29 is 23.9 Å². The third-order valence-corrected chi connectivity index (χ3v) is 5.86. The van der Waals surface area contributed by atoms with Gasteiger partial charge < -0.3 is 9.64 Å². The number of carbonyl (C=O) groups is 4. The van der Waals surface area contributed by atoms with Gasteiger partial charge in [-0.2, -0.15) is 0 Å². The van der Waals surface area contributed by atoms with E-state index in [0.717, 1.165) is 17.7 Å². The molecule has 1 saturated carbocycles. The van der Waals surface area contributed by atoms with Crippen LogP contribution in [0.2, 0.25) is 0 Å². The number of esters is 1. The second-order valence-electron chi connectivity index (χ2n) is 6.98. The molecular formula is C21H20N2O5S. The highest BCUT2D eigenvalue weighted by atomic mass is 32.1. The van der Waals surface area contributed by atoms with Crippen LogP contribution in [0.15, 0.2) is 41.8 Å². The number of thiophene rings is 1. The van der Waals surface area contributed by atoms with Gasteiger partial charge >= 0.3 is 5.97 Å². The van der Waals surface area contributed by atoms with Gasteiger partial charge in [-0.3, -0.25) is 14.4 Å². The fourth-order valence-corrected chi connectivity index (χ4v) is 4.17. The van der Waals surface area contributed by atoms with Crippen LogP contribution in [0.3, 0.4) is 0 Å². The Morgan fingerprint density at radius 1 is 1.17 bits per heavy atom. The number of hydrogen-bond donors (Lipinski definition) is 0. The Morgan fingerprint density at radius 2 is 1.90 bits per heavy atom. The molecule has 3 amide bonds. The normalized spacial score (nSPS) is 18.8. The molecule has 1 aromatic heterocycles. The van der Waals surface area contributed by atoms with E-state index in [0.29, 0.717) is 16.1 Å². The zero-order valence-electron chi connectivity index (χ0n) is 15.9. The molecule has 0 spiro atoms. The molecule has 150 valence electrons. The molecule has 1 saturated heterocycles. The maximum Gasteiger partial charge on any atom is 0.338 e. The number of hydrogen-bond acceptors (Lipinski definition) is 6. The highest BCUT2D eigenvalue weighted by molar-refractivity contribution is 7.12. The first-order chi connectivity index (χ1) is 14.0. The van der Waals surface area contributed by atoms with E-state index >= 15 is 0 Å². The van der Waals surface area contributed by atoms with Gasteiger partial charge in [-0.15, -0.1) is 11.3 Å². The quantitative estimate of drug-likeness (QED) is 0.538. The van der Waals surface area contributed by atoms with E-state index in [1.807, 2.05) is 5.38 Å². The second kappa shape index (κ2) is 7.79. The highest BCUT2D eigenvalue weighted by Gasteiger charge is 2.49. The van der Waals surface area contributed by atoms with Gasteiger partial charge in [-0.1, -0.05) is 6.07 Å². The van der Waals surface area contributed by atoms with Crippen molar-refractivity contribution in [1.82, 2.24) is 4.90 Å². The molecule has 0 bridgehead atoms. The molecular weight excluding hydrogens is 392 g/mol. The number of carbonyl (C=O) groups excluding carboxylic acids is 4. The Hall–Kier alpha value is -3.00. The average Bonchev–Trinajstić information content (AvgIpc) is 3.30. The van der Waals surface area contributed by atoms with E-state index in [-0.39, 0.29) is 30.9 Å². The fraction of sp³-hybridized carbons (Fsp3) is 0.333. The Balaban J connectivity index is 1.57. The summed E-state index contributed by atoms with van der Waals surface area (Å²) in [5, 5.41) is 1.82. The molecule has 4 rings (SSSR count). The van der Waals surface area contributed by atoms with E-state index in [9.17, 15) is 19.2 Å². The smallest absolute Gasteiger partial charge is 0.338 e. The summed E-state index contributed by atoms with van der Waals surface area (Å²) >= 11 is 1.33. The summed E-state index contributed by atoms with van der Waals surface area (Å²) in [5.41, 5.74) is 0.730. The van der Waals surface area contributed by atoms with E-state index in [1.54, 1.807) is 36.1 Å². The van der Waals surface area contributed by atoms with Crippen molar-refractivity contribution >= 4 is 40.7 Å². The third kappa shape index (κ3) is 3.67. The first kappa shape index (κ1) is 19.3. The molecule has 8 heteroatoms. The monoisotopic (exact) mass is 412 g/mol. The van der Waals surface area contributed by atoms with Crippen LogP contribution < -0.4 is 4.90 Å². The van der Waals surface area contributed by atoms with Crippen LogP contribution in [-0.4, -0.2) is 47.3 Å². The predicted molar refractivity (Wildman–Crippen MR) is 107 cm³/mol. The van der Waals surface area contributed by atoms with E-state index < -0.39 is 17.9 Å². The van der Waals surface area contributed by atoms with Crippen LogP contribution in [0, 0.1) is 0 Å². The largest absolute Gasteiger partial charge is 0.462 e. The number of imide groups is 1. The number of anilines is 1. The number of benzene rings is 1. The molecule has 2 aliphatic rings. The van der Waals surface area contributed by atoms with Gasteiger partial charge in [-0.25, -0.2) is 9.69 Å². The van der Waals surface area contributed by atoms with Crippen molar-refractivity contribution in [2.75, 3.05) is 11.5 Å². The lowest BCUT2D eigenvalue weighted by Crippen LogP contribution is -2.46. The molecule has 29 heavy (non-hydrogen) atoms. The lowest BCUT2D eigenvalue weighted by Gasteiger charge is -2.27. The number of nitrogens with zero attached hydrogens (tertiary/aromatic N) is 2. The maximum atomic E-state index is 13.1. The van der Waals surface area contributed by atoms with Gasteiger partial charge in [-0.05, 0) is 55.5 Å². The fourth-order valence-electron chi connectivity index (χ4n) is 3.51. The van der Waals surface area contributed by atoms with Crippen LogP contribution in [0.25, 0.3) is 0 Å². The molecule has 7 nitrogen and oxygen atoms in total. The van der Waals surface area contributed by atoms with Gasteiger partial charge in [0.25, 0.3) is 11.8 Å². The molecule has 1 aliphatic heterocycles. The zero-order valence-corrected chi connectivity index (χ0v) is 16.7. The lowest BCUT2D eigenvalue weighted by molar-refractivity contribution is -0.122. The molecule has 1 aromatic carbocycles. The minimum Gasteiger partial charge on any atom is -0.462 e. The molecule has 1 unspecified atom stereocenters. The topological polar surface area (TPSA) is 84.0 Å². The van der Waals surface area contributed by atoms with Crippen LogP contribution in [0.5, 0.6) is 0 Å². The highest BCUT2D eigenvalue weighted by Crippen LogP contribution is 2.35. The van der Waals surface area contributed by atoms with Crippen molar-refractivity contribution in [3.63, 3.8) is 0 Å². The van der Waals surface area contributed by atoms with E-state index in [4.69, 9.17) is 4.74 Å². The van der Waals surface area contributed by atoms with Gasteiger partial charge in [0.05, 0.1) is 29.2 Å². The van der Waals surface area contributed by atoms with Crippen molar-refractivity contribution in [2.24, 2.45) is 0 Å². The van der Waals surface area contributed by atoms with Gasteiger partial charge in [0, 0.05) is 6.04 Å².